The minimum Gasteiger partial charge on any atom is -0.399 e. The van der Waals surface area contributed by atoms with Crippen molar-refractivity contribution in [1.29, 1.82) is 0 Å². The summed E-state index contributed by atoms with van der Waals surface area (Å²) in [5.41, 5.74) is 19.2. The number of rotatable bonds is 1. The number of benzene rings is 2. The molecule has 0 aliphatic heterocycles. The van der Waals surface area contributed by atoms with E-state index in [0.29, 0.717) is 11.7 Å². The Morgan fingerprint density at radius 2 is 1.95 bits per heavy atom. The van der Waals surface area contributed by atoms with Crippen LogP contribution in [0.2, 0.25) is 0 Å². The van der Waals surface area contributed by atoms with E-state index >= 15 is 0 Å². The van der Waals surface area contributed by atoms with Crippen LogP contribution in [0.1, 0.15) is 34.6 Å². The van der Waals surface area contributed by atoms with Gasteiger partial charge in [-0.3, -0.25) is 0 Å². The largest absolute Gasteiger partial charge is 0.399 e. The van der Waals surface area contributed by atoms with Crippen LogP contribution in [-0.4, -0.2) is 4.98 Å². The summed E-state index contributed by atoms with van der Waals surface area (Å²) in [7, 11) is 0. The van der Waals surface area contributed by atoms with E-state index in [2.05, 4.69) is 36.2 Å². The topological polar surface area (TPSA) is 64.9 Å². The molecule has 1 heterocycles. The number of nitrogens with two attached hydrogens (primary N) is 2. The number of hydrogen-bond acceptors (Lipinski definition) is 3. The molecule has 0 radical (unpaired) electrons. The summed E-state index contributed by atoms with van der Waals surface area (Å²) < 4.78 is 0. The number of hydrogen-bond donors (Lipinski definition) is 2. The van der Waals surface area contributed by atoms with E-state index in [1.54, 1.807) is 0 Å². The molecule has 0 spiro atoms. The molecule has 3 aromatic rings. The van der Waals surface area contributed by atoms with E-state index in [0.717, 1.165) is 35.0 Å². The average Bonchev–Trinajstić information content (AvgIpc) is 2.92. The lowest BCUT2D eigenvalue weighted by Crippen LogP contribution is -2.05. The highest BCUT2D eigenvalue weighted by Crippen LogP contribution is 2.42. The number of anilines is 2. The second kappa shape index (κ2) is 4.73. The van der Waals surface area contributed by atoms with E-state index in [9.17, 15) is 0 Å². The molecule has 110 valence electrons. The van der Waals surface area contributed by atoms with Crippen LogP contribution in [-0.2, 0) is 6.42 Å². The quantitative estimate of drug-likeness (QED) is 0.670. The van der Waals surface area contributed by atoms with Crippen LogP contribution in [0, 0.1) is 6.92 Å². The predicted octanol–water partition coefficient (Wildman–Crippen LogP) is 3.79. The molecule has 1 atom stereocenters. The summed E-state index contributed by atoms with van der Waals surface area (Å²) in [6.07, 6.45) is 2.20. The Bertz CT molecular complexity index is 883. The third kappa shape index (κ3) is 1.93. The number of nitrogens with zero attached hydrogens (tertiary/aromatic N) is 1. The summed E-state index contributed by atoms with van der Waals surface area (Å²) in [5, 5.41) is 1.06. The molecule has 1 aliphatic carbocycles. The minimum absolute atomic E-state index is 0.342. The molecule has 0 saturated carbocycles. The van der Waals surface area contributed by atoms with Gasteiger partial charge in [0.25, 0.3) is 0 Å². The standard InChI is InChI=1S/C19H19N3/c1-11-3-2-4-12-5-7-15(18(11)12)16-10-13-9-14(20)6-8-17(13)22-19(16)21/h2-4,6,8-10,15H,5,7,20H2,1H3,(H2,21,22). The predicted molar refractivity (Wildman–Crippen MR) is 91.9 cm³/mol. The van der Waals surface area contributed by atoms with E-state index in [1.807, 2.05) is 18.2 Å². The maximum Gasteiger partial charge on any atom is 0.127 e. The molecule has 22 heavy (non-hydrogen) atoms. The molecule has 2 aromatic carbocycles. The summed E-state index contributed by atoms with van der Waals surface area (Å²) in [5.74, 6) is 0.980. The first-order valence-electron chi connectivity index (χ1n) is 7.67. The van der Waals surface area contributed by atoms with Crippen molar-refractivity contribution in [2.24, 2.45) is 0 Å². The Kier molecular flexibility index (Phi) is 2.83. The molecule has 0 saturated heterocycles. The van der Waals surface area contributed by atoms with Crippen LogP contribution in [0.5, 0.6) is 0 Å². The van der Waals surface area contributed by atoms with Gasteiger partial charge in [0, 0.05) is 22.6 Å². The number of nitrogen functional groups attached to an aromatic ring is 2. The molecule has 0 fully saturated rings. The maximum absolute atomic E-state index is 6.27. The Morgan fingerprint density at radius 3 is 2.82 bits per heavy atom. The van der Waals surface area contributed by atoms with E-state index in [4.69, 9.17) is 11.5 Å². The van der Waals surface area contributed by atoms with Crippen molar-refractivity contribution in [3.05, 3.63) is 64.7 Å². The monoisotopic (exact) mass is 289 g/mol. The van der Waals surface area contributed by atoms with Crippen LogP contribution in [0.3, 0.4) is 0 Å². The van der Waals surface area contributed by atoms with Crippen LogP contribution in [0.4, 0.5) is 11.5 Å². The van der Waals surface area contributed by atoms with Crippen molar-refractivity contribution in [3.8, 4) is 0 Å². The molecule has 4 N–H and O–H groups in total. The Balaban J connectivity index is 1.91. The molecule has 1 aliphatic rings. The lowest BCUT2D eigenvalue weighted by Gasteiger charge is -2.17. The number of aryl methyl sites for hydroxylation is 2. The second-order valence-corrected chi connectivity index (χ2v) is 6.15. The average molecular weight is 289 g/mol. The van der Waals surface area contributed by atoms with Crippen molar-refractivity contribution >= 4 is 22.4 Å². The molecule has 1 aromatic heterocycles. The van der Waals surface area contributed by atoms with E-state index in [1.165, 1.54) is 16.7 Å². The zero-order chi connectivity index (χ0) is 15.3. The van der Waals surface area contributed by atoms with Gasteiger partial charge in [-0.25, -0.2) is 4.98 Å². The highest BCUT2D eigenvalue weighted by atomic mass is 14.8. The zero-order valence-electron chi connectivity index (χ0n) is 12.6. The van der Waals surface area contributed by atoms with Gasteiger partial charge in [-0.15, -0.1) is 0 Å². The van der Waals surface area contributed by atoms with Crippen molar-refractivity contribution < 1.29 is 0 Å². The van der Waals surface area contributed by atoms with Crippen LogP contribution in [0.25, 0.3) is 10.9 Å². The van der Waals surface area contributed by atoms with Gasteiger partial charge in [0.15, 0.2) is 0 Å². The maximum atomic E-state index is 6.27. The van der Waals surface area contributed by atoms with Gasteiger partial charge in [-0.05, 0) is 60.7 Å². The van der Waals surface area contributed by atoms with Gasteiger partial charge in [0.05, 0.1) is 5.52 Å². The zero-order valence-corrected chi connectivity index (χ0v) is 12.6. The van der Waals surface area contributed by atoms with Crippen molar-refractivity contribution in [3.63, 3.8) is 0 Å². The first kappa shape index (κ1) is 13.1. The summed E-state index contributed by atoms with van der Waals surface area (Å²) in [4.78, 5) is 4.59. The van der Waals surface area contributed by atoms with E-state index in [-0.39, 0.29) is 0 Å². The Hall–Kier alpha value is -2.55. The minimum atomic E-state index is 0.342. The fourth-order valence-electron chi connectivity index (χ4n) is 3.72. The van der Waals surface area contributed by atoms with Gasteiger partial charge < -0.3 is 11.5 Å². The summed E-state index contributed by atoms with van der Waals surface area (Å²) in [6, 6.07) is 14.5. The van der Waals surface area contributed by atoms with Crippen molar-refractivity contribution in [1.82, 2.24) is 4.98 Å². The Morgan fingerprint density at radius 1 is 1.09 bits per heavy atom. The molecule has 3 heteroatoms. The SMILES string of the molecule is Cc1cccc2c1C(c1cc3cc(N)ccc3nc1N)CC2. The first-order valence-corrected chi connectivity index (χ1v) is 7.67. The van der Waals surface area contributed by atoms with Gasteiger partial charge in [-0.1, -0.05) is 18.2 Å². The highest BCUT2D eigenvalue weighted by molar-refractivity contribution is 5.84. The van der Waals surface area contributed by atoms with Crippen LogP contribution >= 0.6 is 0 Å². The molecule has 0 bridgehead atoms. The lowest BCUT2D eigenvalue weighted by molar-refractivity contribution is 0.785. The van der Waals surface area contributed by atoms with Gasteiger partial charge in [0.2, 0.25) is 0 Å². The molecule has 1 unspecified atom stereocenters. The van der Waals surface area contributed by atoms with Gasteiger partial charge in [0.1, 0.15) is 5.82 Å². The smallest absolute Gasteiger partial charge is 0.127 e. The molecule has 4 rings (SSSR count). The highest BCUT2D eigenvalue weighted by Gasteiger charge is 2.27. The van der Waals surface area contributed by atoms with Gasteiger partial charge in [-0.2, -0.15) is 0 Å². The van der Waals surface area contributed by atoms with E-state index < -0.39 is 0 Å². The Labute approximate surface area is 130 Å². The van der Waals surface area contributed by atoms with Crippen LogP contribution in [0.15, 0.2) is 42.5 Å². The second-order valence-electron chi connectivity index (χ2n) is 6.15. The molecular formula is C19H19N3. The first-order chi connectivity index (χ1) is 10.6. The summed E-state index contributed by atoms with van der Waals surface area (Å²) in [6.45, 7) is 2.18. The number of aromatic nitrogens is 1. The van der Waals surface area contributed by atoms with Crippen molar-refractivity contribution in [2.75, 3.05) is 11.5 Å². The fraction of sp³-hybridized carbons (Fsp3) is 0.211. The van der Waals surface area contributed by atoms with Crippen molar-refractivity contribution in [2.45, 2.75) is 25.7 Å². The molecular weight excluding hydrogens is 270 g/mol. The third-order valence-corrected chi connectivity index (χ3v) is 4.74. The third-order valence-electron chi connectivity index (χ3n) is 4.74. The van der Waals surface area contributed by atoms with Crippen LogP contribution < -0.4 is 11.5 Å². The molecule has 0 amide bonds. The normalized spacial score (nSPS) is 16.9. The molecule has 3 nitrogen and oxygen atoms in total. The number of fused-ring (bicyclic) bond motifs is 2. The van der Waals surface area contributed by atoms with Gasteiger partial charge >= 0.3 is 0 Å². The number of pyridine rings is 1. The lowest BCUT2D eigenvalue weighted by atomic mass is 9.89. The fourth-order valence-corrected chi connectivity index (χ4v) is 3.72. The summed E-state index contributed by atoms with van der Waals surface area (Å²) >= 11 is 0.